The van der Waals surface area contributed by atoms with Gasteiger partial charge in [-0.25, -0.2) is 9.97 Å². The summed E-state index contributed by atoms with van der Waals surface area (Å²) in [5.41, 5.74) is 0.873. The SMILES string of the molecule is CCNc1cn2ccnc2c(NCC(C)N(C)C2CC2)n1. The number of hydrogen-bond donors (Lipinski definition) is 2. The molecule has 1 aliphatic carbocycles. The molecule has 1 saturated carbocycles. The molecule has 0 radical (unpaired) electrons. The van der Waals surface area contributed by atoms with Crippen molar-refractivity contribution in [2.75, 3.05) is 30.8 Å². The zero-order chi connectivity index (χ0) is 14.8. The van der Waals surface area contributed by atoms with E-state index >= 15 is 0 Å². The molecule has 0 aliphatic heterocycles. The topological polar surface area (TPSA) is 57.5 Å². The van der Waals surface area contributed by atoms with E-state index in [1.165, 1.54) is 12.8 Å². The van der Waals surface area contributed by atoms with Crippen LogP contribution in [0.2, 0.25) is 0 Å². The Labute approximate surface area is 125 Å². The molecule has 0 spiro atoms. The van der Waals surface area contributed by atoms with Crippen LogP contribution >= 0.6 is 0 Å². The summed E-state index contributed by atoms with van der Waals surface area (Å²) < 4.78 is 2.00. The number of aromatic nitrogens is 3. The number of hydrogen-bond acceptors (Lipinski definition) is 5. The molecule has 2 aromatic heterocycles. The first kappa shape index (κ1) is 14.1. The van der Waals surface area contributed by atoms with Crippen molar-refractivity contribution in [2.45, 2.75) is 38.8 Å². The Morgan fingerprint density at radius 3 is 2.95 bits per heavy atom. The fraction of sp³-hybridized carbons (Fsp3) is 0.600. The van der Waals surface area contributed by atoms with E-state index in [4.69, 9.17) is 0 Å². The van der Waals surface area contributed by atoms with E-state index in [-0.39, 0.29) is 0 Å². The molecule has 114 valence electrons. The number of anilines is 2. The first-order valence-corrected chi connectivity index (χ1v) is 7.72. The molecular formula is C15H24N6. The van der Waals surface area contributed by atoms with E-state index < -0.39 is 0 Å². The van der Waals surface area contributed by atoms with E-state index in [1.807, 2.05) is 16.8 Å². The first-order valence-electron chi connectivity index (χ1n) is 7.72. The lowest BCUT2D eigenvalue weighted by atomic mass is 10.3. The van der Waals surface area contributed by atoms with Crippen molar-refractivity contribution < 1.29 is 0 Å². The Morgan fingerprint density at radius 1 is 1.43 bits per heavy atom. The number of imidazole rings is 1. The Balaban J connectivity index is 1.73. The van der Waals surface area contributed by atoms with Crippen molar-refractivity contribution >= 4 is 17.3 Å². The van der Waals surface area contributed by atoms with E-state index in [0.717, 1.165) is 36.4 Å². The number of nitrogens with zero attached hydrogens (tertiary/aromatic N) is 4. The molecule has 0 aromatic carbocycles. The van der Waals surface area contributed by atoms with Gasteiger partial charge in [0.15, 0.2) is 11.5 Å². The minimum absolute atomic E-state index is 0.483. The highest BCUT2D eigenvalue weighted by molar-refractivity contribution is 5.65. The lowest BCUT2D eigenvalue weighted by molar-refractivity contribution is 0.257. The van der Waals surface area contributed by atoms with Crippen LogP contribution in [0.25, 0.3) is 5.65 Å². The molecule has 21 heavy (non-hydrogen) atoms. The fourth-order valence-corrected chi connectivity index (χ4v) is 2.55. The second-order valence-corrected chi connectivity index (χ2v) is 5.79. The van der Waals surface area contributed by atoms with E-state index in [9.17, 15) is 0 Å². The summed E-state index contributed by atoms with van der Waals surface area (Å²) in [4.78, 5) is 11.5. The minimum Gasteiger partial charge on any atom is -0.369 e. The van der Waals surface area contributed by atoms with Crippen molar-refractivity contribution in [3.8, 4) is 0 Å². The maximum Gasteiger partial charge on any atom is 0.180 e. The lowest BCUT2D eigenvalue weighted by Gasteiger charge is -2.25. The molecule has 0 saturated heterocycles. The van der Waals surface area contributed by atoms with Crippen molar-refractivity contribution in [3.63, 3.8) is 0 Å². The maximum absolute atomic E-state index is 4.63. The summed E-state index contributed by atoms with van der Waals surface area (Å²) in [5.74, 6) is 1.71. The number of nitrogens with one attached hydrogen (secondary N) is 2. The largest absolute Gasteiger partial charge is 0.369 e. The average molecular weight is 288 g/mol. The Morgan fingerprint density at radius 2 is 2.24 bits per heavy atom. The standard InChI is InChI=1S/C15H24N6/c1-4-16-13-10-21-8-7-17-15(21)14(19-13)18-9-11(2)20(3)12-5-6-12/h7-8,10-12,16H,4-6,9H2,1-3H3,(H,18,19). The summed E-state index contributed by atoms with van der Waals surface area (Å²) in [6.45, 7) is 6.05. The molecule has 2 heterocycles. The van der Waals surface area contributed by atoms with Crippen LogP contribution in [0.4, 0.5) is 11.6 Å². The Kier molecular flexibility index (Phi) is 3.96. The third-order valence-corrected chi connectivity index (χ3v) is 4.11. The van der Waals surface area contributed by atoms with Crippen LogP contribution in [0.5, 0.6) is 0 Å². The fourth-order valence-electron chi connectivity index (χ4n) is 2.55. The van der Waals surface area contributed by atoms with Gasteiger partial charge in [0, 0.05) is 37.6 Å². The van der Waals surface area contributed by atoms with E-state index in [0.29, 0.717) is 6.04 Å². The van der Waals surface area contributed by atoms with Gasteiger partial charge in [-0.1, -0.05) is 0 Å². The highest BCUT2D eigenvalue weighted by Gasteiger charge is 2.29. The third-order valence-electron chi connectivity index (χ3n) is 4.11. The predicted octanol–water partition coefficient (Wildman–Crippen LogP) is 2.06. The summed E-state index contributed by atoms with van der Waals surface area (Å²) in [6.07, 6.45) is 8.39. The monoisotopic (exact) mass is 288 g/mol. The minimum atomic E-state index is 0.483. The number of rotatable bonds is 7. The third kappa shape index (κ3) is 3.10. The van der Waals surface area contributed by atoms with Gasteiger partial charge in [-0.15, -0.1) is 0 Å². The normalized spacial score (nSPS) is 16.4. The summed E-state index contributed by atoms with van der Waals surface area (Å²) in [7, 11) is 2.21. The van der Waals surface area contributed by atoms with Gasteiger partial charge in [-0.05, 0) is 33.7 Å². The van der Waals surface area contributed by atoms with Crippen molar-refractivity contribution in [3.05, 3.63) is 18.6 Å². The molecule has 1 unspecified atom stereocenters. The Bertz CT molecular complexity index is 603. The van der Waals surface area contributed by atoms with E-state index in [1.54, 1.807) is 6.20 Å². The van der Waals surface area contributed by atoms with Gasteiger partial charge < -0.3 is 15.0 Å². The van der Waals surface area contributed by atoms with Crippen LogP contribution in [-0.4, -0.2) is 51.5 Å². The number of likely N-dealkylation sites (N-methyl/N-ethyl adjacent to an activating group) is 1. The summed E-state index contributed by atoms with van der Waals surface area (Å²) in [6, 6.07) is 1.26. The molecule has 6 nitrogen and oxygen atoms in total. The first-order chi connectivity index (χ1) is 10.2. The van der Waals surface area contributed by atoms with Crippen LogP contribution in [0.3, 0.4) is 0 Å². The van der Waals surface area contributed by atoms with Gasteiger partial charge in [-0.3, -0.25) is 4.90 Å². The summed E-state index contributed by atoms with van der Waals surface area (Å²) in [5, 5.41) is 6.72. The van der Waals surface area contributed by atoms with Crippen LogP contribution < -0.4 is 10.6 Å². The summed E-state index contributed by atoms with van der Waals surface area (Å²) >= 11 is 0. The second kappa shape index (κ2) is 5.89. The molecule has 1 fully saturated rings. The van der Waals surface area contributed by atoms with Crippen LogP contribution in [0.1, 0.15) is 26.7 Å². The molecule has 0 bridgehead atoms. The van der Waals surface area contributed by atoms with Crippen LogP contribution in [0.15, 0.2) is 18.6 Å². The molecule has 0 amide bonds. The van der Waals surface area contributed by atoms with Gasteiger partial charge in [-0.2, -0.15) is 0 Å². The van der Waals surface area contributed by atoms with Gasteiger partial charge in [0.25, 0.3) is 0 Å². The van der Waals surface area contributed by atoms with Crippen LogP contribution in [0, 0.1) is 0 Å². The molecule has 2 aromatic rings. The highest BCUT2D eigenvalue weighted by atomic mass is 15.2. The predicted molar refractivity (Wildman–Crippen MR) is 85.9 cm³/mol. The van der Waals surface area contributed by atoms with Crippen molar-refractivity contribution in [1.29, 1.82) is 0 Å². The zero-order valence-corrected chi connectivity index (χ0v) is 13.0. The van der Waals surface area contributed by atoms with Gasteiger partial charge in [0.05, 0.1) is 6.20 Å². The molecular weight excluding hydrogens is 264 g/mol. The molecule has 1 atom stereocenters. The van der Waals surface area contributed by atoms with Gasteiger partial charge in [0.2, 0.25) is 0 Å². The van der Waals surface area contributed by atoms with Crippen molar-refractivity contribution in [2.24, 2.45) is 0 Å². The van der Waals surface area contributed by atoms with E-state index in [2.05, 4.69) is 46.4 Å². The number of fused-ring (bicyclic) bond motifs is 1. The smallest absolute Gasteiger partial charge is 0.180 e. The molecule has 6 heteroatoms. The maximum atomic E-state index is 4.63. The molecule has 1 aliphatic rings. The second-order valence-electron chi connectivity index (χ2n) is 5.79. The lowest BCUT2D eigenvalue weighted by Crippen LogP contribution is -2.36. The highest BCUT2D eigenvalue weighted by Crippen LogP contribution is 2.27. The van der Waals surface area contributed by atoms with Crippen LogP contribution in [-0.2, 0) is 0 Å². The Hall–Kier alpha value is -1.82. The van der Waals surface area contributed by atoms with Gasteiger partial charge in [0.1, 0.15) is 5.82 Å². The molecule has 3 rings (SSSR count). The zero-order valence-electron chi connectivity index (χ0n) is 13.0. The van der Waals surface area contributed by atoms with Crippen molar-refractivity contribution in [1.82, 2.24) is 19.3 Å². The quantitative estimate of drug-likeness (QED) is 0.816. The average Bonchev–Trinajstić information content (AvgIpc) is 3.22. The van der Waals surface area contributed by atoms with Gasteiger partial charge >= 0.3 is 0 Å². The molecule has 2 N–H and O–H groups in total.